The van der Waals surface area contributed by atoms with E-state index in [1.165, 1.54) is 6.08 Å². The Morgan fingerprint density at radius 1 is 1.06 bits per heavy atom. The monoisotopic (exact) mass is 446 g/mol. The molecule has 0 radical (unpaired) electrons. The molecule has 3 rings (SSSR count). The predicted molar refractivity (Wildman–Crippen MR) is 123 cm³/mol. The molecule has 6 atom stereocenters. The van der Waals surface area contributed by atoms with Gasteiger partial charge < -0.3 is 24.1 Å². The van der Waals surface area contributed by atoms with E-state index in [0.29, 0.717) is 31.8 Å². The minimum atomic E-state index is -0.711. The molecule has 178 valence electrons. The van der Waals surface area contributed by atoms with Crippen molar-refractivity contribution in [1.82, 2.24) is 0 Å². The lowest BCUT2D eigenvalue weighted by molar-refractivity contribution is -0.166. The molecule has 0 aliphatic carbocycles. The topological polar surface area (TPSA) is 74.2 Å². The summed E-state index contributed by atoms with van der Waals surface area (Å²) in [6, 6.07) is 0. The first-order valence-electron chi connectivity index (χ1n) is 11.7. The van der Waals surface area contributed by atoms with Crippen LogP contribution >= 0.6 is 0 Å². The largest absolute Gasteiger partial charge is 0.456 e. The Labute approximate surface area is 191 Å². The van der Waals surface area contributed by atoms with Crippen LogP contribution in [0.2, 0.25) is 0 Å². The van der Waals surface area contributed by atoms with Gasteiger partial charge in [-0.05, 0) is 51.9 Å². The summed E-state index contributed by atoms with van der Waals surface area (Å²) in [5.41, 5.74) is 1.03. The molecule has 3 heterocycles. The second-order valence-electron chi connectivity index (χ2n) is 9.67. The number of carbonyl (C=O) groups is 1. The summed E-state index contributed by atoms with van der Waals surface area (Å²) in [4.78, 5) is 12.5. The van der Waals surface area contributed by atoms with Crippen molar-refractivity contribution >= 4 is 5.97 Å². The van der Waals surface area contributed by atoms with Gasteiger partial charge in [0.25, 0.3) is 0 Å². The van der Waals surface area contributed by atoms with Gasteiger partial charge in [-0.25, -0.2) is 4.79 Å². The fourth-order valence-electron chi connectivity index (χ4n) is 4.52. The van der Waals surface area contributed by atoms with Crippen LogP contribution in [0, 0.1) is 5.92 Å². The van der Waals surface area contributed by atoms with Crippen molar-refractivity contribution in [1.29, 1.82) is 0 Å². The molecule has 2 bridgehead atoms. The lowest BCUT2D eigenvalue weighted by Gasteiger charge is -2.28. The van der Waals surface area contributed by atoms with Crippen molar-refractivity contribution in [2.75, 3.05) is 6.61 Å². The van der Waals surface area contributed by atoms with Gasteiger partial charge in [-0.15, -0.1) is 0 Å². The molecule has 6 unspecified atom stereocenters. The Morgan fingerprint density at radius 2 is 1.84 bits per heavy atom. The van der Waals surface area contributed by atoms with Crippen LogP contribution in [0.5, 0.6) is 0 Å². The van der Waals surface area contributed by atoms with Crippen LogP contribution in [-0.4, -0.2) is 54.0 Å². The molecular formula is C26H38O6. The summed E-state index contributed by atoms with van der Waals surface area (Å²) < 4.78 is 23.5. The highest BCUT2D eigenvalue weighted by Crippen LogP contribution is 2.28. The van der Waals surface area contributed by atoms with E-state index < -0.39 is 24.0 Å². The highest BCUT2D eigenvalue weighted by Gasteiger charge is 2.38. The average molecular weight is 447 g/mol. The third kappa shape index (κ3) is 8.00. The second-order valence-corrected chi connectivity index (χ2v) is 9.67. The quantitative estimate of drug-likeness (QED) is 0.476. The summed E-state index contributed by atoms with van der Waals surface area (Å²) in [6.45, 7) is 10.4. The average Bonchev–Trinajstić information content (AvgIpc) is 3.06. The van der Waals surface area contributed by atoms with Gasteiger partial charge in [-0.2, -0.15) is 0 Å². The molecule has 0 aromatic carbocycles. The summed E-state index contributed by atoms with van der Waals surface area (Å²) in [5, 5.41) is 10.4. The van der Waals surface area contributed by atoms with Gasteiger partial charge in [0.05, 0.1) is 24.9 Å². The summed E-state index contributed by atoms with van der Waals surface area (Å²) >= 11 is 0. The van der Waals surface area contributed by atoms with Gasteiger partial charge in [-0.1, -0.05) is 49.5 Å². The van der Waals surface area contributed by atoms with E-state index in [4.69, 9.17) is 18.9 Å². The number of aliphatic hydroxyl groups excluding tert-OH is 1. The van der Waals surface area contributed by atoms with Crippen molar-refractivity contribution in [3.63, 3.8) is 0 Å². The zero-order chi connectivity index (χ0) is 23.1. The van der Waals surface area contributed by atoms with E-state index in [1.54, 1.807) is 12.2 Å². The summed E-state index contributed by atoms with van der Waals surface area (Å²) in [6.07, 6.45) is 14.0. The Balaban J connectivity index is 1.72. The maximum Gasteiger partial charge on any atom is 0.330 e. The van der Waals surface area contributed by atoms with Crippen LogP contribution in [0.3, 0.4) is 0 Å². The molecule has 1 fully saturated rings. The molecule has 0 saturated carbocycles. The molecule has 0 aromatic rings. The Bertz CT molecular complexity index is 737. The van der Waals surface area contributed by atoms with E-state index in [2.05, 4.69) is 25.7 Å². The van der Waals surface area contributed by atoms with Gasteiger partial charge in [-0.3, -0.25) is 0 Å². The van der Waals surface area contributed by atoms with Gasteiger partial charge in [0.15, 0.2) is 5.79 Å². The highest BCUT2D eigenvalue weighted by molar-refractivity contribution is 5.82. The molecule has 3 aliphatic heterocycles. The summed E-state index contributed by atoms with van der Waals surface area (Å²) in [5.74, 6) is -0.707. The standard InChI is InChI=1S/C26H38O6/c1-18-14-19(2)16-22-11-6-9-21(30-22)10-7-13-25(28)31-23(12-5-8-20(27)15-18)24-17-29-26(3,4)32-24/h5-9,13,19-24,27H,1,10-12,14-17H2,2-4H3/b8-5+,13-7+. The van der Waals surface area contributed by atoms with E-state index in [-0.39, 0.29) is 18.3 Å². The Kier molecular flexibility index (Phi) is 8.88. The first-order chi connectivity index (χ1) is 15.2. The maximum atomic E-state index is 12.5. The highest BCUT2D eigenvalue weighted by atomic mass is 16.8. The zero-order valence-electron chi connectivity index (χ0n) is 19.6. The molecule has 32 heavy (non-hydrogen) atoms. The fraction of sp³-hybridized carbons (Fsp3) is 0.654. The Morgan fingerprint density at radius 3 is 2.59 bits per heavy atom. The van der Waals surface area contributed by atoms with Gasteiger partial charge in [0, 0.05) is 12.5 Å². The molecule has 3 aliphatic rings. The smallest absolute Gasteiger partial charge is 0.330 e. The molecule has 1 N–H and O–H groups in total. The van der Waals surface area contributed by atoms with E-state index in [1.807, 2.05) is 19.9 Å². The normalized spacial score (nSPS) is 39.0. The maximum absolute atomic E-state index is 12.5. The van der Waals surface area contributed by atoms with Gasteiger partial charge in [0.2, 0.25) is 0 Å². The molecule has 1 saturated heterocycles. The van der Waals surface area contributed by atoms with Crippen molar-refractivity contribution in [2.24, 2.45) is 5.92 Å². The van der Waals surface area contributed by atoms with Crippen LogP contribution in [0.4, 0.5) is 0 Å². The van der Waals surface area contributed by atoms with Crippen molar-refractivity contribution in [2.45, 2.75) is 95.6 Å². The van der Waals surface area contributed by atoms with Crippen LogP contribution < -0.4 is 0 Å². The minimum Gasteiger partial charge on any atom is -0.456 e. The number of rotatable bonds is 1. The zero-order valence-corrected chi connectivity index (χ0v) is 19.6. The SMILES string of the molecule is C=C1CC(O)/C=C/CC(C2COC(C)(C)O2)OC(=O)/C=C/CC2C=CCC(CC(C)C1)O2. The number of hydrogen-bond donors (Lipinski definition) is 1. The van der Waals surface area contributed by atoms with E-state index in [9.17, 15) is 9.90 Å². The lowest BCUT2D eigenvalue weighted by atomic mass is 9.91. The van der Waals surface area contributed by atoms with Crippen LogP contribution in [0.1, 0.15) is 59.3 Å². The molecular weight excluding hydrogens is 408 g/mol. The summed E-state index contributed by atoms with van der Waals surface area (Å²) in [7, 11) is 0. The molecule has 6 nitrogen and oxygen atoms in total. The molecule has 6 heteroatoms. The van der Waals surface area contributed by atoms with Crippen LogP contribution in [0.25, 0.3) is 0 Å². The lowest BCUT2D eigenvalue weighted by Crippen LogP contribution is -2.34. The number of ether oxygens (including phenoxy) is 4. The number of fused-ring (bicyclic) bond motifs is 2. The molecule has 0 aromatic heterocycles. The second kappa shape index (κ2) is 11.4. The number of cyclic esters (lactones) is 1. The number of hydrogen-bond acceptors (Lipinski definition) is 6. The first-order valence-corrected chi connectivity index (χ1v) is 11.7. The third-order valence-corrected chi connectivity index (χ3v) is 5.98. The van der Waals surface area contributed by atoms with E-state index in [0.717, 1.165) is 24.8 Å². The van der Waals surface area contributed by atoms with Gasteiger partial charge in [0.1, 0.15) is 12.2 Å². The van der Waals surface area contributed by atoms with Crippen molar-refractivity contribution in [3.8, 4) is 0 Å². The van der Waals surface area contributed by atoms with Crippen LogP contribution in [-0.2, 0) is 23.7 Å². The number of aliphatic hydroxyl groups is 1. The first kappa shape index (κ1) is 24.9. The Hall–Kier alpha value is -1.73. The predicted octanol–water partition coefficient (Wildman–Crippen LogP) is 4.39. The molecule has 0 amide bonds. The third-order valence-electron chi connectivity index (χ3n) is 5.98. The van der Waals surface area contributed by atoms with E-state index >= 15 is 0 Å². The minimum absolute atomic E-state index is 0.0417. The van der Waals surface area contributed by atoms with Crippen molar-refractivity contribution in [3.05, 3.63) is 48.6 Å². The number of carbonyl (C=O) groups excluding carboxylic acids is 1. The van der Waals surface area contributed by atoms with Crippen molar-refractivity contribution < 1.29 is 28.8 Å². The molecule has 0 spiro atoms. The van der Waals surface area contributed by atoms with Gasteiger partial charge >= 0.3 is 5.97 Å². The van der Waals surface area contributed by atoms with Crippen LogP contribution in [0.15, 0.2) is 48.6 Å². The fourth-order valence-corrected chi connectivity index (χ4v) is 4.52. The number of esters is 1.